The number of guanidine groups is 1. The summed E-state index contributed by atoms with van der Waals surface area (Å²) in [5, 5.41) is 3.26. The zero-order valence-electron chi connectivity index (χ0n) is 12.7. The van der Waals surface area contributed by atoms with Gasteiger partial charge in [-0.1, -0.05) is 58.4 Å². The van der Waals surface area contributed by atoms with E-state index in [1.807, 2.05) is 47.4 Å². The van der Waals surface area contributed by atoms with Crippen molar-refractivity contribution in [3.05, 3.63) is 70.2 Å². The second-order valence-electron chi connectivity index (χ2n) is 5.40. The third-order valence-electron chi connectivity index (χ3n) is 3.67. The first kappa shape index (κ1) is 15.7. The van der Waals surface area contributed by atoms with Gasteiger partial charge in [0.1, 0.15) is 0 Å². The van der Waals surface area contributed by atoms with Crippen LogP contribution in [0.4, 0.5) is 0 Å². The third-order valence-corrected chi connectivity index (χ3v) is 4.20. The first-order chi connectivity index (χ1) is 11.2. The first-order valence-electron chi connectivity index (χ1n) is 7.58. The first-order valence-corrected chi connectivity index (χ1v) is 8.37. The maximum Gasteiger partial charge on any atom is 0.194 e. The minimum Gasteiger partial charge on any atom is -0.354 e. The van der Waals surface area contributed by atoms with E-state index >= 15 is 0 Å². The molecule has 23 heavy (non-hydrogen) atoms. The molecule has 0 radical (unpaired) electrons. The summed E-state index contributed by atoms with van der Waals surface area (Å²) < 4.78 is 0.969. The monoisotopic (exact) mass is 371 g/mol. The molecule has 0 fully saturated rings. The SMILES string of the molecule is O=C(CN(Cc1ccccc1)C1=NCCN1)c1ccc(Br)cc1. The Kier molecular flexibility index (Phi) is 5.08. The molecule has 4 nitrogen and oxygen atoms in total. The lowest BCUT2D eigenvalue weighted by molar-refractivity contribution is 0.0960. The van der Waals surface area contributed by atoms with Gasteiger partial charge in [0.2, 0.25) is 0 Å². The Hall–Kier alpha value is -2.14. The van der Waals surface area contributed by atoms with Crippen molar-refractivity contribution in [1.82, 2.24) is 10.2 Å². The Morgan fingerprint density at radius 1 is 1.13 bits per heavy atom. The van der Waals surface area contributed by atoms with Crippen LogP contribution in [0.25, 0.3) is 0 Å². The molecule has 0 saturated heterocycles. The Balaban J connectivity index is 1.75. The predicted molar refractivity (Wildman–Crippen MR) is 95.6 cm³/mol. The molecular formula is C18H18BrN3O. The Bertz CT molecular complexity index is 698. The molecule has 0 unspecified atom stereocenters. The normalized spacial score (nSPS) is 13.3. The van der Waals surface area contributed by atoms with Crippen LogP contribution in [0.2, 0.25) is 0 Å². The molecule has 0 saturated carbocycles. The van der Waals surface area contributed by atoms with Crippen LogP contribution in [0, 0.1) is 0 Å². The number of carbonyl (C=O) groups excluding carboxylic acids is 1. The number of hydrogen-bond acceptors (Lipinski definition) is 4. The van der Waals surface area contributed by atoms with Crippen LogP contribution in [0.3, 0.4) is 0 Å². The number of halogens is 1. The van der Waals surface area contributed by atoms with Gasteiger partial charge in [-0.25, -0.2) is 0 Å². The molecule has 1 heterocycles. The fourth-order valence-electron chi connectivity index (χ4n) is 2.51. The van der Waals surface area contributed by atoms with Gasteiger partial charge in [-0.05, 0) is 17.7 Å². The predicted octanol–water partition coefficient (Wildman–Crippen LogP) is 3.09. The van der Waals surface area contributed by atoms with E-state index in [0.717, 1.165) is 29.1 Å². The minimum absolute atomic E-state index is 0.0878. The zero-order chi connectivity index (χ0) is 16.1. The molecule has 0 aromatic heterocycles. The number of ketones is 1. The number of hydrogen-bond donors (Lipinski definition) is 1. The summed E-state index contributed by atoms with van der Waals surface area (Å²) in [6, 6.07) is 17.6. The molecule has 0 atom stereocenters. The highest BCUT2D eigenvalue weighted by atomic mass is 79.9. The molecule has 2 aromatic rings. The summed E-state index contributed by atoms with van der Waals surface area (Å²) in [4.78, 5) is 19.0. The van der Waals surface area contributed by atoms with E-state index in [1.165, 1.54) is 0 Å². The van der Waals surface area contributed by atoms with Crippen LogP contribution in [0.15, 0.2) is 64.1 Å². The lowest BCUT2D eigenvalue weighted by Gasteiger charge is -2.24. The molecule has 118 valence electrons. The number of benzene rings is 2. The summed E-state index contributed by atoms with van der Waals surface area (Å²) in [6.45, 7) is 2.55. The van der Waals surface area contributed by atoms with Gasteiger partial charge in [0.05, 0.1) is 13.1 Å². The molecule has 1 aliphatic rings. The highest BCUT2D eigenvalue weighted by Crippen LogP contribution is 2.13. The summed E-state index contributed by atoms with van der Waals surface area (Å²) in [6.07, 6.45) is 0. The second-order valence-corrected chi connectivity index (χ2v) is 6.32. The van der Waals surface area contributed by atoms with Crippen LogP contribution in [-0.4, -0.2) is 36.3 Å². The maximum absolute atomic E-state index is 12.6. The van der Waals surface area contributed by atoms with Gasteiger partial charge in [-0.15, -0.1) is 0 Å². The average molecular weight is 372 g/mol. The van der Waals surface area contributed by atoms with E-state index in [-0.39, 0.29) is 5.78 Å². The Labute approximate surface area is 144 Å². The van der Waals surface area contributed by atoms with Gasteiger partial charge >= 0.3 is 0 Å². The van der Waals surface area contributed by atoms with Crippen molar-refractivity contribution in [1.29, 1.82) is 0 Å². The van der Waals surface area contributed by atoms with Crippen LogP contribution in [0.1, 0.15) is 15.9 Å². The quantitative estimate of drug-likeness (QED) is 0.821. The zero-order valence-corrected chi connectivity index (χ0v) is 14.3. The van der Waals surface area contributed by atoms with E-state index < -0.39 is 0 Å². The van der Waals surface area contributed by atoms with Crippen molar-refractivity contribution in [3.63, 3.8) is 0 Å². The van der Waals surface area contributed by atoms with E-state index in [9.17, 15) is 4.79 Å². The summed E-state index contributed by atoms with van der Waals surface area (Å²) in [7, 11) is 0. The van der Waals surface area contributed by atoms with Gasteiger partial charge in [0.15, 0.2) is 11.7 Å². The van der Waals surface area contributed by atoms with E-state index in [0.29, 0.717) is 18.7 Å². The Morgan fingerprint density at radius 2 is 1.87 bits per heavy atom. The van der Waals surface area contributed by atoms with Crippen LogP contribution in [-0.2, 0) is 6.54 Å². The van der Waals surface area contributed by atoms with Gasteiger partial charge in [0, 0.05) is 23.1 Å². The van der Waals surface area contributed by atoms with Crippen LogP contribution < -0.4 is 5.32 Å². The third kappa shape index (κ3) is 4.20. The lowest BCUT2D eigenvalue weighted by atomic mass is 10.1. The smallest absolute Gasteiger partial charge is 0.194 e. The lowest BCUT2D eigenvalue weighted by Crippen LogP contribution is -2.41. The fourth-order valence-corrected chi connectivity index (χ4v) is 2.77. The number of nitrogens with zero attached hydrogens (tertiary/aromatic N) is 2. The summed E-state index contributed by atoms with van der Waals surface area (Å²) in [5.74, 6) is 0.893. The molecule has 2 aromatic carbocycles. The number of aliphatic imine (C=N–C) groups is 1. The molecule has 0 aliphatic carbocycles. The molecule has 1 aliphatic heterocycles. The molecule has 0 bridgehead atoms. The van der Waals surface area contributed by atoms with Crippen molar-refractivity contribution in [2.24, 2.45) is 4.99 Å². The minimum atomic E-state index is 0.0878. The van der Waals surface area contributed by atoms with Crippen molar-refractivity contribution < 1.29 is 4.79 Å². The molecule has 3 rings (SSSR count). The van der Waals surface area contributed by atoms with E-state index in [4.69, 9.17) is 0 Å². The van der Waals surface area contributed by atoms with Gasteiger partial charge in [0.25, 0.3) is 0 Å². The fraction of sp³-hybridized carbons (Fsp3) is 0.222. The maximum atomic E-state index is 12.6. The molecule has 1 N–H and O–H groups in total. The largest absolute Gasteiger partial charge is 0.354 e. The standard InChI is InChI=1S/C18H18BrN3O/c19-16-8-6-15(7-9-16)17(23)13-22(18-20-10-11-21-18)12-14-4-2-1-3-5-14/h1-9H,10-13H2,(H,20,21). The molecule has 0 spiro atoms. The van der Waals surface area contributed by atoms with Gasteiger partial charge in [-0.3, -0.25) is 9.79 Å². The highest BCUT2D eigenvalue weighted by molar-refractivity contribution is 9.10. The van der Waals surface area contributed by atoms with Crippen molar-refractivity contribution in [3.8, 4) is 0 Å². The number of carbonyl (C=O) groups is 1. The van der Waals surface area contributed by atoms with Crippen molar-refractivity contribution in [2.75, 3.05) is 19.6 Å². The van der Waals surface area contributed by atoms with Gasteiger partial charge < -0.3 is 10.2 Å². The van der Waals surface area contributed by atoms with E-state index in [1.54, 1.807) is 0 Å². The molecular weight excluding hydrogens is 354 g/mol. The van der Waals surface area contributed by atoms with E-state index in [2.05, 4.69) is 38.4 Å². The number of rotatable bonds is 5. The van der Waals surface area contributed by atoms with Crippen molar-refractivity contribution >= 4 is 27.7 Å². The van der Waals surface area contributed by atoms with Crippen LogP contribution in [0.5, 0.6) is 0 Å². The van der Waals surface area contributed by atoms with Crippen LogP contribution >= 0.6 is 15.9 Å². The highest BCUT2D eigenvalue weighted by Gasteiger charge is 2.19. The number of nitrogens with one attached hydrogen (secondary N) is 1. The molecule has 0 amide bonds. The summed E-state index contributed by atoms with van der Waals surface area (Å²) >= 11 is 3.39. The topological polar surface area (TPSA) is 44.7 Å². The number of Topliss-reactive ketones (excluding diaryl/α,β-unsaturated/α-hetero) is 1. The molecule has 5 heteroatoms. The van der Waals surface area contributed by atoms with Crippen molar-refractivity contribution in [2.45, 2.75) is 6.54 Å². The Morgan fingerprint density at radius 3 is 2.52 bits per heavy atom. The van der Waals surface area contributed by atoms with Gasteiger partial charge in [-0.2, -0.15) is 0 Å². The average Bonchev–Trinajstić information content (AvgIpc) is 3.10. The summed E-state index contributed by atoms with van der Waals surface area (Å²) in [5.41, 5.74) is 1.87. The second kappa shape index (κ2) is 7.42.